The Bertz CT molecular complexity index is 1190. The van der Waals surface area contributed by atoms with E-state index in [4.69, 9.17) is 4.74 Å². The third-order valence-corrected chi connectivity index (χ3v) is 7.68. The number of morpholine rings is 1. The molecule has 1 atom stereocenters. The molecule has 1 saturated heterocycles. The fraction of sp³-hybridized carbons (Fsp3) is 0.320. The fourth-order valence-corrected chi connectivity index (χ4v) is 5.16. The van der Waals surface area contributed by atoms with Gasteiger partial charge in [0.15, 0.2) is 0 Å². The summed E-state index contributed by atoms with van der Waals surface area (Å²) in [6.45, 7) is 3.32. The number of carbonyl (C=O) groups excluding carboxylic acids is 1. The summed E-state index contributed by atoms with van der Waals surface area (Å²) in [6, 6.07) is 22.1. The van der Waals surface area contributed by atoms with E-state index >= 15 is 0 Å². The molecule has 7 nitrogen and oxygen atoms in total. The van der Waals surface area contributed by atoms with Crippen LogP contribution in [0.2, 0.25) is 0 Å². The van der Waals surface area contributed by atoms with Crippen molar-refractivity contribution >= 4 is 26.7 Å². The molecule has 3 aromatic rings. The van der Waals surface area contributed by atoms with Gasteiger partial charge in [0, 0.05) is 26.7 Å². The number of hydrogen-bond donors (Lipinski definition) is 1. The number of amides is 1. The second-order valence-electron chi connectivity index (χ2n) is 8.21. The zero-order valence-electron chi connectivity index (χ0n) is 18.7. The van der Waals surface area contributed by atoms with E-state index in [9.17, 15) is 13.2 Å². The molecule has 174 valence electrons. The Morgan fingerprint density at radius 1 is 1.00 bits per heavy atom. The standard InChI is InChI=1S/C25H29N3O4S/c1-27(33(30,31)23-12-11-20-7-5-6-10-22(20)17-23)19-25(29)26-24(21-8-3-2-4-9-21)18-28-13-15-32-16-14-28/h2-12,17,24H,13-16,18-19H2,1H3,(H,26,29). The maximum absolute atomic E-state index is 13.1. The minimum atomic E-state index is -3.81. The summed E-state index contributed by atoms with van der Waals surface area (Å²) >= 11 is 0. The quantitative estimate of drug-likeness (QED) is 0.551. The highest BCUT2D eigenvalue weighted by Crippen LogP contribution is 2.21. The molecule has 1 N–H and O–H groups in total. The molecule has 1 heterocycles. The van der Waals surface area contributed by atoms with Crippen LogP contribution in [0.25, 0.3) is 10.8 Å². The number of sulfonamides is 1. The second kappa shape index (κ2) is 10.4. The van der Waals surface area contributed by atoms with Crippen LogP contribution >= 0.6 is 0 Å². The van der Waals surface area contributed by atoms with Crippen LogP contribution in [0.3, 0.4) is 0 Å². The first-order chi connectivity index (χ1) is 15.9. The zero-order chi connectivity index (χ0) is 23.3. The van der Waals surface area contributed by atoms with Crippen molar-refractivity contribution in [2.24, 2.45) is 0 Å². The normalized spacial score (nSPS) is 16.1. The van der Waals surface area contributed by atoms with Crippen LogP contribution in [0.1, 0.15) is 11.6 Å². The lowest BCUT2D eigenvalue weighted by atomic mass is 10.1. The first-order valence-electron chi connectivity index (χ1n) is 11.0. The lowest BCUT2D eigenvalue weighted by molar-refractivity contribution is -0.122. The number of carbonyl (C=O) groups is 1. The summed E-state index contributed by atoms with van der Waals surface area (Å²) in [4.78, 5) is 15.3. The monoisotopic (exact) mass is 467 g/mol. The number of nitrogens with one attached hydrogen (secondary N) is 1. The van der Waals surface area contributed by atoms with Gasteiger partial charge in [0.05, 0.1) is 30.7 Å². The van der Waals surface area contributed by atoms with Gasteiger partial charge in [-0.05, 0) is 28.5 Å². The van der Waals surface area contributed by atoms with Crippen LogP contribution in [0.5, 0.6) is 0 Å². The molecule has 1 fully saturated rings. The van der Waals surface area contributed by atoms with E-state index in [2.05, 4.69) is 10.2 Å². The van der Waals surface area contributed by atoms with Crippen LogP contribution in [0, 0.1) is 0 Å². The maximum atomic E-state index is 13.1. The Morgan fingerprint density at radius 2 is 1.67 bits per heavy atom. The predicted octanol–water partition coefficient (Wildman–Crippen LogP) is 2.65. The Morgan fingerprint density at radius 3 is 2.39 bits per heavy atom. The number of ether oxygens (including phenoxy) is 1. The highest BCUT2D eigenvalue weighted by Gasteiger charge is 2.25. The van der Waals surface area contributed by atoms with E-state index in [1.54, 1.807) is 18.2 Å². The van der Waals surface area contributed by atoms with Gasteiger partial charge in [0.25, 0.3) is 0 Å². The molecule has 0 spiro atoms. The van der Waals surface area contributed by atoms with Gasteiger partial charge in [-0.25, -0.2) is 8.42 Å². The average Bonchev–Trinajstić information content (AvgIpc) is 2.84. The average molecular weight is 468 g/mol. The molecule has 3 aromatic carbocycles. The Hall–Kier alpha value is -2.78. The molecular weight excluding hydrogens is 438 g/mol. The summed E-state index contributed by atoms with van der Waals surface area (Å²) in [7, 11) is -2.37. The Balaban J connectivity index is 1.46. The van der Waals surface area contributed by atoms with Crippen molar-refractivity contribution < 1.29 is 17.9 Å². The summed E-state index contributed by atoms with van der Waals surface area (Å²) in [6.07, 6.45) is 0. The third kappa shape index (κ3) is 5.78. The van der Waals surface area contributed by atoms with Gasteiger partial charge < -0.3 is 10.1 Å². The van der Waals surface area contributed by atoms with E-state index in [-0.39, 0.29) is 23.4 Å². The number of rotatable bonds is 8. The van der Waals surface area contributed by atoms with Gasteiger partial charge in [-0.15, -0.1) is 0 Å². The minimum Gasteiger partial charge on any atom is -0.379 e. The maximum Gasteiger partial charge on any atom is 0.243 e. The molecule has 1 amide bonds. The highest BCUT2D eigenvalue weighted by molar-refractivity contribution is 7.89. The van der Waals surface area contributed by atoms with Crippen molar-refractivity contribution in [3.05, 3.63) is 78.4 Å². The van der Waals surface area contributed by atoms with Crippen LogP contribution in [0.15, 0.2) is 77.7 Å². The second-order valence-corrected chi connectivity index (χ2v) is 10.3. The number of hydrogen-bond acceptors (Lipinski definition) is 5. The predicted molar refractivity (Wildman–Crippen MR) is 128 cm³/mol. The topological polar surface area (TPSA) is 79.0 Å². The van der Waals surface area contributed by atoms with Crippen molar-refractivity contribution in [2.75, 3.05) is 46.4 Å². The number of nitrogens with zero attached hydrogens (tertiary/aromatic N) is 2. The SMILES string of the molecule is CN(CC(=O)NC(CN1CCOCC1)c1ccccc1)S(=O)(=O)c1ccc2ccccc2c1. The van der Waals surface area contributed by atoms with Gasteiger partial charge in [-0.2, -0.15) is 4.31 Å². The number of fused-ring (bicyclic) bond motifs is 1. The van der Waals surface area contributed by atoms with Crippen LogP contribution in [-0.2, 0) is 19.6 Å². The molecule has 0 radical (unpaired) electrons. The number of benzene rings is 3. The van der Waals surface area contributed by atoms with Gasteiger partial charge in [-0.1, -0.05) is 60.7 Å². The Kier molecular flexibility index (Phi) is 7.39. The molecule has 33 heavy (non-hydrogen) atoms. The van der Waals surface area contributed by atoms with Crippen molar-refractivity contribution in [3.63, 3.8) is 0 Å². The molecule has 1 aliphatic rings. The molecule has 4 rings (SSSR count). The lowest BCUT2D eigenvalue weighted by Crippen LogP contribution is -2.45. The molecule has 0 bridgehead atoms. The van der Waals surface area contributed by atoms with Gasteiger partial charge in [0.2, 0.25) is 15.9 Å². The lowest BCUT2D eigenvalue weighted by Gasteiger charge is -2.31. The fourth-order valence-electron chi connectivity index (χ4n) is 4.00. The summed E-state index contributed by atoms with van der Waals surface area (Å²) in [5.74, 6) is -0.344. The molecule has 8 heteroatoms. The van der Waals surface area contributed by atoms with E-state index in [1.165, 1.54) is 7.05 Å². The van der Waals surface area contributed by atoms with Crippen LogP contribution in [0.4, 0.5) is 0 Å². The van der Waals surface area contributed by atoms with Gasteiger partial charge >= 0.3 is 0 Å². The number of likely N-dealkylation sites (N-methyl/N-ethyl adjacent to an activating group) is 1. The van der Waals surface area contributed by atoms with Crippen LogP contribution in [-0.4, -0.2) is 70.0 Å². The third-order valence-electron chi connectivity index (χ3n) is 5.88. The van der Waals surface area contributed by atoms with Gasteiger partial charge in [-0.3, -0.25) is 9.69 Å². The van der Waals surface area contributed by atoms with Crippen LogP contribution < -0.4 is 5.32 Å². The molecule has 0 aromatic heterocycles. The van der Waals surface area contributed by atoms with Gasteiger partial charge in [0.1, 0.15) is 0 Å². The zero-order valence-corrected chi connectivity index (χ0v) is 19.5. The van der Waals surface area contributed by atoms with Crippen molar-refractivity contribution in [3.8, 4) is 0 Å². The van der Waals surface area contributed by atoms with Crippen molar-refractivity contribution in [1.82, 2.24) is 14.5 Å². The summed E-state index contributed by atoms with van der Waals surface area (Å²) in [5, 5.41) is 4.84. The van der Waals surface area contributed by atoms with E-state index < -0.39 is 10.0 Å². The smallest absolute Gasteiger partial charge is 0.243 e. The molecule has 0 saturated carbocycles. The van der Waals surface area contributed by atoms with Crippen molar-refractivity contribution in [2.45, 2.75) is 10.9 Å². The molecular formula is C25H29N3O4S. The highest BCUT2D eigenvalue weighted by atomic mass is 32.2. The van der Waals surface area contributed by atoms with E-state index in [0.29, 0.717) is 19.8 Å². The van der Waals surface area contributed by atoms with E-state index in [0.717, 1.165) is 33.7 Å². The summed E-state index contributed by atoms with van der Waals surface area (Å²) in [5.41, 5.74) is 0.984. The molecule has 1 unspecified atom stereocenters. The van der Waals surface area contributed by atoms with E-state index in [1.807, 2.05) is 54.6 Å². The molecule has 0 aliphatic carbocycles. The Labute approximate surface area is 195 Å². The minimum absolute atomic E-state index is 0.171. The van der Waals surface area contributed by atoms with Crippen molar-refractivity contribution in [1.29, 1.82) is 0 Å². The largest absolute Gasteiger partial charge is 0.379 e. The first-order valence-corrected chi connectivity index (χ1v) is 12.5. The molecule has 1 aliphatic heterocycles. The summed E-state index contributed by atoms with van der Waals surface area (Å²) < 4.78 is 32.7. The first kappa shape index (κ1) is 23.4.